The average molecular weight is 238 g/mol. The van der Waals surface area contributed by atoms with Crippen LogP contribution in [0, 0.1) is 0 Å². The van der Waals surface area contributed by atoms with Crippen molar-refractivity contribution in [1.82, 2.24) is 4.98 Å². The third-order valence-corrected chi connectivity index (χ3v) is 2.92. The molecular formula is C12H12ClNO2. The number of carbonyl (C=O) groups is 1. The molecule has 2 rings (SSSR count). The molecule has 1 atom stereocenters. The van der Waals surface area contributed by atoms with Crippen molar-refractivity contribution in [3.8, 4) is 0 Å². The summed E-state index contributed by atoms with van der Waals surface area (Å²) in [6, 6.07) is 5.57. The van der Waals surface area contributed by atoms with E-state index in [1.165, 1.54) is 0 Å². The second-order valence-corrected chi connectivity index (χ2v) is 4.37. The van der Waals surface area contributed by atoms with Crippen molar-refractivity contribution in [1.29, 1.82) is 0 Å². The fourth-order valence-electron chi connectivity index (χ4n) is 1.90. The molecule has 0 aliphatic carbocycles. The number of halogens is 1. The third kappa shape index (κ3) is 2.04. The first-order valence-electron chi connectivity index (χ1n) is 5.06. The molecule has 1 aromatic carbocycles. The van der Waals surface area contributed by atoms with Gasteiger partial charge in [0.2, 0.25) is 0 Å². The van der Waals surface area contributed by atoms with Crippen LogP contribution in [0.1, 0.15) is 24.8 Å². The number of aromatic nitrogens is 1. The minimum absolute atomic E-state index is 0.00701. The molecule has 4 heteroatoms. The smallest absolute Gasteiger partial charge is 0.303 e. The Labute approximate surface area is 98.0 Å². The molecule has 2 aromatic rings. The van der Waals surface area contributed by atoms with Gasteiger partial charge in [-0.25, -0.2) is 0 Å². The number of rotatable bonds is 3. The van der Waals surface area contributed by atoms with Crippen LogP contribution in [0.4, 0.5) is 0 Å². The summed E-state index contributed by atoms with van der Waals surface area (Å²) >= 11 is 5.88. The molecule has 0 spiro atoms. The first-order valence-corrected chi connectivity index (χ1v) is 5.44. The summed E-state index contributed by atoms with van der Waals surface area (Å²) in [4.78, 5) is 13.8. The lowest BCUT2D eigenvalue weighted by molar-refractivity contribution is -0.137. The quantitative estimate of drug-likeness (QED) is 0.860. The van der Waals surface area contributed by atoms with E-state index in [1.807, 2.05) is 31.3 Å². The molecule has 0 saturated carbocycles. The average Bonchev–Trinajstić information content (AvgIpc) is 2.59. The lowest BCUT2D eigenvalue weighted by atomic mass is 9.97. The van der Waals surface area contributed by atoms with Crippen molar-refractivity contribution in [2.75, 3.05) is 0 Å². The molecule has 0 bridgehead atoms. The van der Waals surface area contributed by atoms with E-state index in [1.54, 1.807) is 0 Å². The molecule has 0 saturated heterocycles. The highest BCUT2D eigenvalue weighted by molar-refractivity contribution is 6.31. The highest BCUT2D eigenvalue weighted by Gasteiger charge is 2.14. The zero-order valence-corrected chi connectivity index (χ0v) is 9.58. The maximum Gasteiger partial charge on any atom is 0.303 e. The Morgan fingerprint density at radius 1 is 1.56 bits per heavy atom. The number of benzene rings is 1. The lowest BCUT2D eigenvalue weighted by Gasteiger charge is -2.06. The van der Waals surface area contributed by atoms with E-state index < -0.39 is 5.97 Å². The molecule has 2 N–H and O–H groups in total. The van der Waals surface area contributed by atoms with Gasteiger partial charge in [-0.15, -0.1) is 0 Å². The fraction of sp³-hybridized carbons (Fsp3) is 0.250. The van der Waals surface area contributed by atoms with Gasteiger partial charge in [0.25, 0.3) is 0 Å². The fourth-order valence-corrected chi connectivity index (χ4v) is 2.07. The Balaban J connectivity index is 2.41. The van der Waals surface area contributed by atoms with Gasteiger partial charge in [-0.05, 0) is 23.6 Å². The molecule has 0 fully saturated rings. The van der Waals surface area contributed by atoms with Gasteiger partial charge in [-0.2, -0.15) is 0 Å². The Hall–Kier alpha value is -1.48. The maximum atomic E-state index is 10.7. The summed E-state index contributed by atoms with van der Waals surface area (Å²) in [6.45, 7) is 1.91. The van der Waals surface area contributed by atoms with E-state index in [9.17, 15) is 4.79 Å². The summed E-state index contributed by atoms with van der Waals surface area (Å²) in [5.41, 5.74) is 1.97. The summed E-state index contributed by atoms with van der Waals surface area (Å²) < 4.78 is 0. The number of H-pyrrole nitrogens is 1. The Morgan fingerprint density at radius 3 is 3.00 bits per heavy atom. The van der Waals surface area contributed by atoms with Gasteiger partial charge in [0.05, 0.1) is 6.42 Å². The van der Waals surface area contributed by atoms with Crippen molar-refractivity contribution >= 4 is 28.5 Å². The first kappa shape index (κ1) is 11.0. The van der Waals surface area contributed by atoms with E-state index >= 15 is 0 Å². The molecule has 0 aliphatic heterocycles. The largest absolute Gasteiger partial charge is 0.481 e. The highest BCUT2D eigenvalue weighted by atomic mass is 35.5. The van der Waals surface area contributed by atoms with Gasteiger partial charge in [-0.3, -0.25) is 4.79 Å². The molecule has 1 unspecified atom stereocenters. The number of hydrogen-bond acceptors (Lipinski definition) is 1. The van der Waals surface area contributed by atoms with Crippen LogP contribution in [0.15, 0.2) is 24.4 Å². The standard InChI is InChI=1S/C12H12ClNO2/c1-7(4-12(15)16)10-6-14-11-5-8(13)2-3-9(10)11/h2-3,5-7,14H,4H2,1H3,(H,15,16). The zero-order chi connectivity index (χ0) is 11.7. The van der Waals surface area contributed by atoms with Crippen molar-refractivity contribution in [3.63, 3.8) is 0 Å². The van der Waals surface area contributed by atoms with Gasteiger partial charge in [0.15, 0.2) is 0 Å². The van der Waals surface area contributed by atoms with Crippen LogP contribution in [-0.2, 0) is 4.79 Å². The lowest BCUT2D eigenvalue weighted by Crippen LogP contribution is -2.02. The number of carboxylic acids is 1. The second kappa shape index (κ2) is 4.18. The van der Waals surface area contributed by atoms with E-state index in [2.05, 4.69) is 4.98 Å². The van der Waals surface area contributed by atoms with Crippen LogP contribution in [0.2, 0.25) is 5.02 Å². The van der Waals surface area contributed by atoms with Crippen LogP contribution in [0.3, 0.4) is 0 Å². The van der Waals surface area contributed by atoms with Crippen molar-refractivity contribution in [2.24, 2.45) is 0 Å². The van der Waals surface area contributed by atoms with E-state index in [0.29, 0.717) is 5.02 Å². The zero-order valence-electron chi connectivity index (χ0n) is 8.83. The van der Waals surface area contributed by atoms with Gasteiger partial charge < -0.3 is 10.1 Å². The number of carboxylic acid groups (broad SMARTS) is 1. The van der Waals surface area contributed by atoms with Gasteiger partial charge in [0.1, 0.15) is 0 Å². The molecule has 0 aliphatic rings. The van der Waals surface area contributed by atoms with E-state index in [0.717, 1.165) is 16.5 Å². The van der Waals surface area contributed by atoms with Crippen LogP contribution < -0.4 is 0 Å². The number of hydrogen-bond donors (Lipinski definition) is 2. The summed E-state index contributed by atoms with van der Waals surface area (Å²) in [7, 11) is 0. The molecule has 84 valence electrons. The molecule has 16 heavy (non-hydrogen) atoms. The first-order chi connectivity index (χ1) is 7.58. The van der Waals surface area contributed by atoms with Crippen LogP contribution in [-0.4, -0.2) is 16.1 Å². The van der Waals surface area contributed by atoms with E-state index in [-0.39, 0.29) is 12.3 Å². The number of aliphatic carboxylic acids is 1. The Kier molecular flexibility index (Phi) is 2.88. The van der Waals surface area contributed by atoms with E-state index in [4.69, 9.17) is 16.7 Å². The Morgan fingerprint density at radius 2 is 2.31 bits per heavy atom. The minimum atomic E-state index is -0.782. The van der Waals surface area contributed by atoms with Crippen LogP contribution in [0.25, 0.3) is 10.9 Å². The van der Waals surface area contributed by atoms with Crippen LogP contribution >= 0.6 is 11.6 Å². The topological polar surface area (TPSA) is 53.1 Å². The van der Waals surface area contributed by atoms with Gasteiger partial charge in [-0.1, -0.05) is 24.6 Å². The monoisotopic (exact) mass is 237 g/mol. The minimum Gasteiger partial charge on any atom is -0.481 e. The van der Waals surface area contributed by atoms with Gasteiger partial charge >= 0.3 is 5.97 Å². The predicted molar refractivity (Wildman–Crippen MR) is 64.0 cm³/mol. The number of aromatic amines is 1. The molecule has 1 aromatic heterocycles. The number of nitrogens with one attached hydrogen (secondary N) is 1. The summed E-state index contributed by atoms with van der Waals surface area (Å²) in [6.07, 6.45) is 1.99. The molecule has 0 amide bonds. The van der Waals surface area contributed by atoms with Gasteiger partial charge in [0, 0.05) is 22.1 Å². The SMILES string of the molecule is CC(CC(=O)O)c1c[nH]c2cc(Cl)ccc12. The Bertz CT molecular complexity index is 533. The molecular weight excluding hydrogens is 226 g/mol. The third-order valence-electron chi connectivity index (χ3n) is 2.69. The van der Waals surface area contributed by atoms with Crippen LogP contribution in [0.5, 0.6) is 0 Å². The molecule has 0 radical (unpaired) electrons. The second-order valence-electron chi connectivity index (χ2n) is 3.93. The predicted octanol–water partition coefficient (Wildman–Crippen LogP) is 3.40. The van der Waals surface area contributed by atoms with Crippen molar-refractivity contribution < 1.29 is 9.90 Å². The van der Waals surface area contributed by atoms with Crippen molar-refractivity contribution in [2.45, 2.75) is 19.3 Å². The maximum absolute atomic E-state index is 10.7. The highest BCUT2D eigenvalue weighted by Crippen LogP contribution is 2.29. The molecule has 1 heterocycles. The summed E-state index contributed by atoms with van der Waals surface area (Å²) in [5.74, 6) is -0.789. The normalized spacial score (nSPS) is 12.9. The van der Waals surface area contributed by atoms with Crippen molar-refractivity contribution in [3.05, 3.63) is 35.0 Å². The summed E-state index contributed by atoms with van der Waals surface area (Å²) in [5, 5.41) is 10.5. The molecule has 3 nitrogen and oxygen atoms in total. The number of fused-ring (bicyclic) bond motifs is 1.